The highest BCUT2D eigenvalue weighted by molar-refractivity contribution is 5.41. The molecular weight excluding hydrogens is 204 g/mol. The molecule has 1 unspecified atom stereocenters. The Bertz CT molecular complexity index is 374. The highest BCUT2D eigenvalue weighted by Gasteiger charge is 2.24. The SMILES string of the molecule is CC(C)c1cccc2c1C(C(C)C)CCCC2. The van der Waals surface area contributed by atoms with Crippen LogP contribution in [0.2, 0.25) is 0 Å². The minimum absolute atomic E-state index is 0.657. The molecule has 0 spiro atoms. The van der Waals surface area contributed by atoms with Crippen molar-refractivity contribution in [2.75, 3.05) is 0 Å². The first-order valence-corrected chi connectivity index (χ1v) is 7.23. The second kappa shape index (κ2) is 5.25. The van der Waals surface area contributed by atoms with Crippen LogP contribution in [0.25, 0.3) is 0 Å². The molecule has 0 saturated heterocycles. The fourth-order valence-electron chi connectivity index (χ4n) is 3.30. The molecule has 0 fully saturated rings. The predicted molar refractivity (Wildman–Crippen MR) is 75.7 cm³/mol. The first-order chi connectivity index (χ1) is 8.11. The van der Waals surface area contributed by atoms with Crippen LogP contribution in [0, 0.1) is 5.92 Å². The molecule has 0 bridgehead atoms. The molecule has 1 aromatic carbocycles. The van der Waals surface area contributed by atoms with Crippen molar-refractivity contribution in [3.63, 3.8) is 0 Å². The van der Waals surface area contributed by atoms with Crippen LogP contribution in [0.15, 0.2) is 18.2 Å². The third-order valence-corrected chi connectivity index (χ3v) is 4.24. The van der Waals surface area contributed by atoms with Crippen LogP contribution in [-0.4, -0.2) is 0 Å². The molecule has 1 atom stereocenters. The summed E-state index contributed by atoms with van der Waals surface area (Å²) in [5.74, 6) is 2.21. The van der Waals surface area contributed by atoms with Gasteiger partial charge in [0.2, 0.25) is 0 Å². The van der Waals surface area contributed by atoms with Gasteiger partial charge >= 0.3 is 0 Å². The summed E-state index contributed by atoms with van der Waals surface area (Å²) in [5.41, 5.74) is 4.94. The molecule has 0 saturated carbocycles. The molecular formula is C17H26. The van der Waals surface area contributed by atoms with Gasteiger partial charge in [0.05, 0.1) is 0 Å². The van der Waals surface area contributed by atoms with Crippen molar-refractivity contribution >= 4 is 0 Å². The van der Waals surface area contributed by atoms with Crippen molar-refractivity contribution in [1.82, 2.24) is 0 Å². The lowest BCUT2D eigenvalue weighted by Crippen LogP contribution is -2.11. The monoisotopic (exact) mass is 230 g/mol. The summed E-state index contributed by atoms with van der Waals surface area (Å²) in [6.45, 7) is 9.43. The van der Waals surface area contributed by atoms with E-state index in [0.29, 0.717) is 5.92 Å². The number of benzene rings is 1. The minimum atomic E-state index is 0.657. The maximum atomic E-state index is 2.39. The Morgan fingerprint density at radius 1 is 1.06 bits per heavy atom. The predicted octanol–water partition coefficient (Wildman–Crippen LogP) is 5.28. The van der Waals surface area contributed by atoms with Gasteiger partial charge in [0.1, 0.15) is 0 Å². The van der Waals surface area contributed by atoms with Crippen molar-refractivity contribution in [2.24, 2.45) is 5.92 Å². The fraction of sp³-hybridized carbons (Fsp3) is 0.647. The fourth-order valence-corrected chi connectivity index (χ4v) is 3.30. The van der Waals surface area contributed by atoms with E-state index in [1.165, 1.54) is 25.7 Å². The summed E-state index contributed by atoms with van der Waals surface area (Å²) in [6.07, 6.45) is 5.44. The lowest BCUT2D eigenvalue weighted by Gasteiger charge is -2.26. The Kier molecular flexibility index (Phi) is 3.91. The van der Waals surface area contributed by atoms with Crippen molar-refractivity contribution in [3.8, 4) is 0 Å². The second-order valence-corrected chi connectivity index (χ2v) is 6.17. The summed E-state index contributed by atoms with van der Waals surface area (Å²) in [6, 6.07) is 6.98. The van der Waals surface area contributed by atoms with E-state index in [0.717, 1.165) is 11.8 Å². The van der Waals surface area contributed by atoms with Gasteiger partial charge in [-0.05, 0) is 53.7 Å². The summed E-state index contributed by atoms with van der Waals surface area (Å²) >= 11 is 0. The first-order valence-electron chi connectivity index (χ1n) is 7.23. The van der Waals surface area contributed by atoms with Gasteiger partial charge in [-0.1, -0.05) is 52.3 Å². The molecule has 0 nitrogen and oxygen atoms in total. The van der Waals surface area contributed by atoms with Crippen LogP contribution in [0.5, 0.6) is 0 Å². The van der Waals surface area contributed by atoms with Crippen LogP contribution in [0.4, 0.5) is 0 Å². The number of rotatable bonds is 2. The molecule has 0 heterocycles. The van der Waals surface area contributed by atoms with E-state index < -0.39 is 0 Å². The van der Waals surface area contributed by atoms with Crippen molar-refractivity contribution in [2.45, 2.75) is 65.2 Å². The molecule has 0 N–H and O–H groups in total. The van der Waals surface area contributed by atoms with Gasteiger partial charge in [0, 0.05) is 0 Å². The zero-order valence-electron chi connectivity index (χ0n) is 11.8. The molecule has 0 amide bonds. The maximum absolute atomic E-state index is 2.39. The largest absolute Gasteiger partial charge is 0.0622 e. The Labute approximate surface area is 106 Å². The average molecular weight is 230 g/mol. The summed E-state index contributed by atoms with van der Waals surface area (Å²) in [4.78, 5) is 0. The Hall–Kier alpha value is -0.780. The summed E-state index contributed by atoms with van der Waals surface area (Å²) in [5, 5.41) is 0. The van der Waals surface area contributed by atoms with E-state index in [9.17, 15) is 0 Å². The standard InChI is InChI=1S/C17H26/c1-12(2)15-10-6-5-8-14-9-7-11-16(13(3)4)17(14)15/h7,9,11-13,15H,5-6,8,10H2,1-4H3. The van der Waals surface area contributed by atoms with Crippen molar-refractivity contribution in [1.29, 1.82) is 0 Å². The van der Waals surface area contributed by atoms with Crippen molar-refractivity contribution < 1.29 is 0 Å². The highest BCUT2D eigenvalue weighted by Crippen LogP contribution is 2.39. The van der Waals surface area contributed by atoms with Crippen LogP contribution >= 0.6 is 0 Å². The molecule has 1 aliphatic rings. The third-order valence-electron chi connectivity index (χ3n) is 4.24. The Morgan fingerprint density at radius 3 is 2.47 bits per heavy atom. The second-order valence-electron chi connectivity index (χ2n) is 6.17. The number of hydrogen-bond acceptors (Lipinski definition) is 0. The zero-order valence-corrected chi connectivity index (χ0v) is 11.8. The van der Waals surface area contributed by atoms with E-state index in [-0.39, 0.29) is 0 Å². The van der Waals surface area contributed by atoms with Crippen LogP contribution in [-0.2, 0) is 6.42 Å². The average Bonchev–Trinajstić information content (AvgIpc) is 2.50. The van der Waals surface area contributed by atoms with Crippen molar-refractivity contribution in [3.05, 3.63) is 34.9 Å². The van der Waals surface area contributed by atoms with Gasteiger partial charge < -0.3 is 0 Å². The van der Waals surface area contributed by atoms with Crippen LogP contribution in [0.3, 0.4) is 0 Å². The molecule has 0 aromatic heterocycles. The van der Waals surface area contributed by atoms with Gasteiger partial charge in [-0.25, -0.2) is 0 Å². The highest BCUT2D eigenvalue weighted by atomic mass is 14.3. The molecule has 1 aliphatic carbocycles. The van der Waals surface area contributed by atoms with Gasteiger partial charge in [-0.15, -0.1) is 0 Å². The topological polar surface area (TPSA) is 0 Å². The quantitative estimate of drug-likeness (QED) is 0.607. The van der Waals surface area contributed by atoms with E-state index in [2.05, 4.69) is 45.9 Å². The van der Waals surface area contributed by atoms with Crippen LogP contribution in [0.1, 0.15) is 75.5 Å². The molecule has 2 rings (SSSR count). The molecule has 94 valence electrons. The lowest BCUT2D eigenvalue weighted by atomic mass is 9.79. The normalized spacial score (nSPS) is 20.5. The minimum Gasteiger partial charge on any atom is -0.0622 e. The van der Waals surface area contributed by atoms with Gasteiger partial charge in [0.15, 0.2) is 0 Å². The Morgan fingerprint density at radius 2 is 1.82 bits per heavy atom. The third kappa shape index (κ3) is 2.56. The van der Waals surface area contributed by atoms with E-state index >= 15 is 0 Å². The van der Waals surface area contributed by atoms with E-state index in [1.54, 1.807) is 16.7 Å². The molecule has 0 heteroatoms. The van der Waals surface area contributed by atoms with Gasteiger partial charge in [0.25, 0.3) is 0 Å². The first kappa shape index (κ1) is 12.7. The van der Waals surface area contributed by atoms with Gasteiger partial charge in [-0.3, -0.25) is 0 Å². The molecule has 0 radical (unpaired) electrons. The van der Waals surface area contributed by atoms with E-state index in [1.807, 2.05) is 0 Å². The summed E-state index contributed by atoms with van der Waals surface area (Å²) in [7, 11) is 0. The molecule has 0 aliphatic heterocycles. The lowest BCUT2D eigenvalue weighted by molar-refractivity contribution is 0.456. The Balaban J connectivity index is 2.52. The summed E-state index contributed by atoms with van der Waals surface area (Å²) < 4.78 is 0. The van der Waals surface area contributed by atoms with E-state index in [4.69, 9.17) is 0 Å². The number of aryl methyl sites for hydroxylation is 1. The number of fused-ring (bicyclic) bond motifs is 1. The zero-order chi connectivity index (χ0) is 12.4. The van der Waals surface area contributed by atoms with Crippen LogP contribution < -0.4 is 0 Å². The molecule has 1 aromatic rings. The number of hydrogen-bond donors (Lipinski definition) is 0. The van der Waals surface area contributed by atoms with Gasteiger partial charge in [-0.2, -0.15) is 0 Å². The maximum Gasteiger partial charge on any atom is -0.0133 e. The molecule has 17 heavy (non-hydrogen) atoms. The smallest absolute Gasteiger partial charge is 0.0133 e.